The highest BCUT2D eigenvalue weighted by Crippen LogP contribution is 2.32. The van der Waals surface area contributed by atoms with Gasteiger partial charge in [0.15, 0.2) is 0 Å². The van der Waals surface area contributed by atoms with Gasteiger partial charge in [-0.25, -0.2) is 0 Å². The molecule has 0 radical (unpaired) electrons. The van der Waals surface area contributed by atoms with Crippen molar-refractivity contribution in [3.8, 4) is 0 Å². The van der Waals surface area contributed by atoms with Crippen LogP contribution in [-0.4, -0.2) is 30.1 Å². The normalized spacial score (nSPS) is 28.3. The van der Waals surface area contributed by atoms with Crippen molar-refractivity contribution in [2.45, 2.75) is 31.2 Å². The number of epoxide rings is 1. The van der Waals surface area contributed by atoms with E-state index in [0.717, 1.165) is 0 Å². The van der Waals surface area contributed by atoms with Gasteiger partial charge >= 0.3 is 6.18 Å². The summed E-state index contributed by atoms with van der Waals surface area (Å²) < 4.78 is 40.0. The Morgan fingerprint density at radius 2 is 2.08 bits per heavy atom. The molecule has 1 aliphatic rings. The largest absolute Gasteiger partial charge is 0.392 e. The van der Waals surface area contributed by atoms with Crippen LogP contribution in [0.15, 0.2) is 12.2 Å². The maximum Gasteiger partial charge on any atom is 0.389 e. The third-order valence-electron chi connectivity index (χ3n) is 1.77. The second kappa shape index (κ2) is 4.11. The SMILES string of the molecule is OC/C=C/[C@H]1O[C@@H]1CCC(F)(F)F. The topological polar surface area (TPSA) is 32.8 Å². The number of aliphatic hydroxyl groups excluding tert-OH is 1. The van der Waals surface area contributed by atoms with Gasteiger partial charge in [0.2, 0.25) is 0 Å². The van der Waals surface area contributed by atoms with Crippen molar-refractivity contribution in [2.24, 2.45) is 0 Å². The lowest BCUT2D eigenvalue weighted by molar-refractivity contribution is -0.136. The smallest absolute Gasteiger partial charge is 0.389 e. The molecule has 0 aliphatic carbocycles. The molecule has 1 aliphatic heterocycles. The van der Waals surface area contributed by atoms with Crippen LogP contribution in [0.1, 0.15) is 12.8 Å². The summed E-state index contributed by atoms with van der Waals surface area (Å²) in [5.74, 6) is 0. The molecule has 1 heterocycles. The van der Waals surface area contributed by atoms with E-state index in [1.54, 1.807) is 6.08 Å². The molecule has 0 saturated carbocycles. The summed E-state index contributed by atoms with van der Waals surface area (Å²) in [5, 5.41) is 8.37. The van der Waals surface area contributed by atoms with Gasteiger partial charge in [0, 0.05) is 6.42 Å². The van der Waals surface area contributed by atoms with Crippen molar-refractivity contribution < 1.29 is 23.0 Å². The number of alkyl halides is 3. The second-order valence-electron chi connectivity index (χ2n) is 2.90. The van der Waals surface area contributed by atoms with Crippen LogP contribution >= 0.6 is 0 Å². The molecule has 2 nitrogen and oxygen atoms in total. The summed E-state index contributed by atoms with van der Waals surface area (Å²) in [6, 6.07) is 0. The molecular formula is C8H11F3O2. The Hall–Kier alpha value is -0.550. The standard InChI is InChI=1S/C8H11F3O2/c9-8(10,11)4-3-7-6(13-7)2-1-5-12/h1-2,6-7,12H,3-5H2/b2-1+/t6-,7-/m1/s1. The van der Waals surface area contributed by atoms with Crippen LogP contribution in [0.3, 0.4) is 0 Å². The minimum Gasteiger partial charge on any atom is -0.392 e. The van der Waals surface area contributed by atoms with Gasteiger partial charge in [0.05, 0.1) is 12.7 Å². The average Bonchev–Trinajstić information content (AvgIpc) is 2.75. The fourth-order valence-electron chi connectivity index (χ4n) is 1.06. The maximum absolute atomic E-state index is 11.7. The van der Waals surface area contributed by atoms with Gasteiger partial charge in [-0.3, -0.25) is 0 Å². The molecular weight excluding hydrogens is 185 g/mol. The van der Waals surface area contributed by atoms with Crippen LogP contribution in [0, 0.1) is 0 Å². The summed E-state index contributed by atoms with van der Waals surface area (Å²) >= 11 is 0. The van der Waals surface area contributed by atoms with E-state index in [2.05, 4.69) is 0 Å². The zero-order valence-corrected chi connectivity index (χ0v) is 6.92. The van der Waals surface area contributed by atoms with Gasteiger partial charge < -0.3 is 9.84 Å². The molecule has 0 aromatic heterocycles. The van der Waals surface area contributed by atoms with Crippen molar-refractivity contribution in [3.05, 3.63) is 12.2 Å². The Kier molecular flexibility index (Phi) is 3.33. The Morgan fingerprint density at radius 3 is 2.62 bits per heavy atom. The molecule has 76 valence electrons. The Bertz CT molecular complexity index is 188. The first-order chi connectivity index (χ1) is 6.03. The molecule has 13 heavy (non-hydrogen) atoms. The predicted molar refractivity (Wildman–Crippen MR) is 40.2 cm³/mol. The number of hydrogen-bond acceptors (Lipinski definition) is 2. The quantitative estimate of drug-likeness (QED) is 0.547. The maximum atomic E-state index is 11.7. The van der Waals surface area contributed by atoms with Crippen molar-refractivity contribution in [3.63, 3.8) is 0 Å². The monoisotopic (exact) mass is 196 g/mol. The summed E-state index contributed by atoms with van der Waals surface area (Å²) in [6.07, 6.45) is -2.39. The molecule has 1 N–H and O–H groups in total. The fraction of sp³-hybridized carbons (Fsp3) is 0.750. The van der Waals surface area contributed by atoms with E-state index in [0.29, 0.717) is 0 Å². The summed E-state index contributed by atoms with van der Waals surface area (Å²) in [7, 11) is 0. The first-order valence-corrected chi connectivity index (χ1v) is 4.02. The predicted octanol–water partition coefficient (Wildman–Crippen LogP) is 1.64. The lowest BCUT2D eigenvalue weighted by Gasteiger charge is -2.02. The van der Waals surface area contributed by atoms with Gasteiger partial charge in [-0.2, -0.15) is 13.2 Å². The van der Waals surface area contributed by atoms with Gasteiger partial charge in [-0.15, -0.1) is 0 Å². The van der Waals surface area contributed by atoms with Crippen molar-refractivity contribution in [1.82, 2.24) is 0 Å². The van der Waals surface area contributed by atoms with Crippen LogP contribution in [-0.2, 0) is 4.74 Å². The molecule has 0 aromatic rings. The van der Waals surface area contributed by atoms with Gasteiger partial charge in [-0.1, -0.05) is 12.2 Å². The molecule has 1 saturated heterocycles. The number of hydrogen-bond donors (Lipinski definition) is 1. The van der Waals surface area contributed by atoms with E-state index in [9.17, 15) is 13.2 Å². The fourth-order valence-corrected chi connectivity index (χ4v) is 1.06. The van der Waals surface area contributed by atoms with Crippen molar-refractivity contribution >= 4 is 0 Å². The zero-order chi connectivity index (χ0) is 9.90. The Morgan fingerprint density at radius 1 is 1.38 bits per heavy atom. The molecule has 1 rings (SSSR count). The number of halogens is 3. The van der Waals surface area contributed by atoms with Crippen LogP contribution in [0.5, 0.6) is 0 Å². The Balaban J connectivity index is 2.11. The van der Waals surface area contributed by atoms with Crippen LogP contribution in [0.4, 0.5) is 13.2 Å². The molecule has 0 spiro atoms. The molecule has 0 aromatic carbocycles. The van der Waals surface area contributed by atoms with E-state index < -0.39 is 12.6 Å². The molecule has 0 bridgehead atoms. The average molecular weight is 196 g/mol. The first-order valence-electron chi connectivity index (χ1n) is 4.02. The Labute approximate surface area is 74.0 Å². The highest BCUT2D eigenvalue weighted by Gasteiger charge is 2.39. The minimum absolute atomic E-state index is 0.00390. The van der Waals surface area contributed by atoms with Crippen LogP contribution in [0.25, 0.3) is 0 Å². The molecule has 1 fully saturated rings. The minimum atomic E-state index is -4.10. The summed E-state index contributed by atoms with van der Waals surface area (Å²) in [6.45, 7) is -0.105. The number of rotatable bonds is 4. The van der Waals surface area contributed by atoms with Gasteiger partial charge in [0.1, 0.15) is 6.10 Å². The summed E-state index contributed by atoms with van der Waals surface area (Å²) in [4.78, 5) is 0. The van der Waals surface area contributed by atoms with Crippen LogP contribution < -0.4 is 0 Å². The molecule has 2 atom stereocenters. The highest BCUT2D eigenvalue weighted by molar-refractivity contribution is 5.02. The zero-order valence-electron chi connectivity index (χ0n) is 6.92. The van der Waals surface area contributed by atoms with Gasteiger partial charge in [0.25, 0.3) is 0 Å². The second-order valence-corrected chi connectivity index (χ2v) is 2.90. The summed E-state index contributed by atoms with van der Waals surface area (Å²) in [5.41, 5.74) is 0. The lowest BCUT2D eigenvalue weighted by Crippen LogP contribution is -2.08. The van der Waals surface area contributed by atoms with E-state index in [4.69, 9.17) is 9.84 Å². The molecule has 0 amide bonds. The van der Waals surface area contributed by atoms with Crippen LogP contribution in [0.2, 0.25) is 0 Å². The molecule has 5 heteroatoms. The van der Waals surface area contributed by atoms with E-state index in [-0.39, 0.29) is 25.2 Å². The highest BCUT2D eigenvalue weighted by atomic mass is 19.4. The first kappa shape index (κ1) is 10.5. The number of ether oxygens (including phenoxy) is 1. The third kappa shape index (κ3) is 4.28. The van der Waals surface area contributed by atoms with Crippen molar-refractivity contribution in [2.75, 3.05) is 6.61 Å². The van der Waals surface area contributed by atoms with E-state index >= 15 is 0 Å². The van der Waals surface area contributed by atoms with Gasteiger partial charge in [-0.05, 0) is 6.42 Å². The number of aliphatic hydroxyl groups is 1. The van der Waals surface area contributed by atoms with Crippen molar-refractivity contribution in [1.29, 1.82) is 0 Å². The van der Waals surface area contributed by atoms with E-state index in [1.165, 1.54) is 6.08 Å². The lowest BCUT2D eigenvalue weighted by atomic mass is 10.2. The molecule has 0 unspecified atom stereocenters. The van der Waals surface area contributed by atoms with E-state index in [1.807, 2.05) is 0 Å². The third-order valence-corrected chi connectivity index (χ3v) is 1.77.